The lowest BCUT2D eigenvalue weighted by atomic mass is 9.90. The highest BCUT2D eigenvalue weighted by atomic mass is 16.3. The van der Waals surface area contributed by atoms with E-state index in [1.165, 1.54) is 19.3 Å². The van der Waals surface area contributed by atoms with Crippen LogP contribution < -0.4 is 0 Å². The molecule has 1 fully saturated rings. The molecular weight excluding hydrogens is 210 g/mol. The van der Waals surface area contributed by atoms with E-state index in [0.717, 1.165) is 24.2 Å². The van der Waals surface area contributed by atoms with Gasteiger partial charge in [0.25, 0.3) is 0 Å². The highest BCUT2D eigenvalue weighted by molar-refractivity contribution is 5.58. The number of benzene rings is 1. The largest absolute Gasteiger partial charge is 0.386 e. The van der Waals surface area contributed by atoms with E-state index < -0.39 is 0 Å². The summed E-state index contributed by atoms with van der Waals surface area (Å²) in [7, 11) is 0. The van der Waals surface area contributed by atoms with Crippen molar-refractivity contribution < 1.29 is 5.11 Å². The molecule has 0 amide bonds. The van der Waals surface area contributed by atoms with Gasteiger partial charge in [-0.05, 0) is 37.1 Å². The summed E-state index contributed by atoms with van der Waals surface area (Å²) in [4.78, 5) is 2.42. The monoisotopic (exact) mass is 229 g/mol. The van der Waals surface area contributed by atoms with Crippen LogP contribution in [-0.2, 0) is 0 Å². The van der Waals surface area contributed by atoms with Crippen LogP contribution in [0.5, 0.6) is 0 Å². The Balaban J connectivity index is 1.85. The first kappa shape index (κ1) is 11.0. The van der Waals surface area contributed by atoms with Crippen molar-refractivity contribution in [3.8, 4) is 0 Å². The molecule has 0 aromatic heterocycles. The molecular formula is C15H19NO. The zero-order valence-corrected chi connectivity index (χ0v) is 10.0. The lowest BCUT2D eigenvalue weighted by Crippen LogP contribution is -2.42. The molecule has 17 heavy (non-hydrogen) atoms. The van der Waals surface area contributed by atoms with Gasteiger partial charge in [0.2, 0.25) is 0 Å². The van der Waals surface area contributed by atoms with Crippen molar-refractivity contribution in [1.29, 1.82) is 0 Å². The molecule has 2 atom stereocenters. The van der Waals surface area contributed by atoms with Crippen LogP contribution in [0, 0.1) is 0 Å². The van der Waals surface area contributed by atoms with Crippen molar-refractivity contribution in [2.75, 3.05) is 13.1 Å². The molecule has 0 bridgehead atoms. The van der Waals surface area contributed by atoms with E-state index in [-0.39, 0.29) is 12.1 Å². The van der Waals surface area contributed by atoms with Crippen LogP contribution in [0.1, 0.15) is 36.5 Å². The van der Waals surface area contributed by atoms with Crippen molar-refractivity contribution in [3.05, 3.63) is 41.5 Å². The maximum atomic E-state index is 10.5. The number of piperidine rings is 1. The summed E-state index contributed by atoms with van der Waals surface area (Å²) in [5.41, 5.74) is 2.24. The molecule has 0 radical (unpaired) electrons. The predicted molar refractivity (Wildman–Crippen MR) is 69.6 cm³/mol. The van der Waals surface area contributed by atoms with Gasteiger partial charge in [0.15, 0.2) is 0 Å². The van der Waals surface area contributed by atoms with Crippen molar-refractivity contribution in [1.82, 2.24) is 4.90 Å². The van der Waals surface area contributed by atoms with E-state index in [1.807, 2.05) is 18.2 Å². The summed E-state index contributed by atoms with van der Waals surface area (Å²) in [6.45, 7) is 2.24. The number of fused-ring (bicyclic) bond motifs is 1. The van der Waals surface area contributed by atoms with Crippen molar-refractivity contribution in [2.45, 2.75) is 31.4 Å². The van der Waals surface area contributed by atoms with E-state index in [4.69, 9.17) is 0 Å². The third-order valence-electron chi connectivity index (χ3n) is 3.92. The number of aliphatic hydroxyl groups is 1. The number of nitrogens with zero attached hydrogens (tertiary/aromatic N) is 1. The van der Waals surface area contributed by atoms with Gasteiger partial charge in [0, 0.05) is 0 Å². The summed E-state index contributed by atoms with van der Waals surface area (Å²) in [6.07, 6.45) is 7.81. The fourth-order valence-corrected chi connectivity index (χ4v) is 2.96. The maximum absolute atomic E-state index is 10.5. The first-order chi connectivity index (χ1) is 8.36. The van der Waals surface area contributed by atoms with Gasteiger partial charge in [0.1, 0.15) is 0 Å². The Morgan fingerprint density at radius 1 is 1.06 bits per heavy atom. The predicted octanol–water partition coefficient (Wildman–Crippen LogP) is 2.60. The van der Waals surface area contributed by atoms with Crippen molar-refractivity contribution >= 4 is 6.08 Å². The second-order valence-corrected chi connectivity index (χ2v) is 5.02. The molecule has 1 aromatic rings. The third kappa shape index (κ3) is 2.03. The second kappa shape index (κ2) is 4.63. The van der Waals surface area contributed by atoms with Gasteiger partial charge in [-0.25, -0.2) is 0 Å². The van der Waals surface area contributed by atoms with E-state index in [2.05, 4.69) is 23.1 Å². The standard InChI is InChI=1S/C15H19NO/c17-15-13-7-3-2-6-12(13)8-9-14(15)16-10-4-1-5-11-16/h2-3,6-9,14-15,17H,1,4-5,10-11H2/t14-,15?/m1/s1. The van der Waals surface area contributed by atoms with Gasteiger partial charge < -0.3 is 5.11 Å². The van der Waals surface area contributed by atoms with Crippen LogP contribution >= 0.6 is 0 Å². The molecule has 2 aliphatic rings. The van der Waals surface area contributed by atoms with Crippen LogP contribution in [0.4, 0.5) is 0 Å². The number of likely N-dealkylation sites (tertiary alicyclic amines) is 1. The summed E-state index contributed by atoms with van der Waals surface area (Å²) >= 11 is 0. The Hall–Kier alpha value is -1.12. The highest BCUT2D eigenvalue weighted by Crippen LogP contribution is 2.31. The number of hydrogen-bond acceptors (Lipinski definition) is 2. The molecule has 1 unspecified atom stereocenters. The Labute approximate surface area is 103 Å². The topological polar surface area (TPSA) is 23.5 Å². The fraction of sp³-hybridized carbons (Fsp3) is 0.467. The SMILES string of the molecule is OC1c2ccccc2C=C[C@H]1N1CCCCC1. The summed E-state index contributed by atoms with van der Waals surface area (Å²) < 4.78 is 0. The zero-order valence-electron chi connectivity index (χ0n) is 10.0. The van der Waals surface area contributed by atoms with Gasteiger partial charge in [-0.3, -0.25) is 4.90 Å². The Bertz CT molecular complexity index is 421. The lowest BCUT2D eigenvalue weighted by Gasteiger charge is -2.37. The molecule has 2 nitrogen and oxygen atoms in total. The molecule has 0 spiro atoms. The minimum absolute atomic E-state index is 0.171. The molecule has 1 N–H and O–H groups in total. The minimum Gasteiger partial charge on any atom is -0.386 e. The van der Waals surface area contributed by atoms with Gasteiger partial charge in [-0.2, -0.15) is 0 Å². The first-order valence-corrected chi connectivity index (χ1v) is 6.55. The third-order valence-corrected chi connectivity index (χ3v) is 3.92. The molecule has 2 heteroatoms. The molecule has 0 saturated carbocycles. The Morgan fingerprint density at radius 2 is 1.82 bits per heavy atom. The Kier molecular flexibility index (Phi) is 3.00. The van der Waals surface area contributed by atoms with Crippen LogP contribution in [0.25, 0.3) is 6.08 Å². The summed E-state index contributed by atoms with van der Waals surface area (Å²) in [5, 5.41) is 10.5. The molecule has 3 rings (SSSR count). The van der Waals surface area contributed by atoms with E-state index >= 15 is 0 Å². The zero-order chi connectivity index (χ0) is 11.7. The normalized spacial score (nSPS) is 29.0. The molecule has 90 valence electrons. The van der Waals surface area contributed by atoms with Crippen LogP contribution in [0.15, 0.2) is 30.3 Å². The van der Waals surface area contributed by atoms with E-state index in [0.29, 0.717) is 0 Å². The Morgan fingerprint density at radius 3 is 2.65 bits per heavy atom. The molecule has 1 aliphatic heterocycles. The smallest absolute Gasteiger partial charge is 0.0986 e. The van der Waals surface area contributed by atoms with Crippen LogP contribution in [0.3, 0.4) is 0 Å². The van der Waals surface area contributed by atoms with Crippen molar-refractivity contribution in [3.63, 3.8) is 0 Å². The molecule has 1 aromatic carbocycles. The molecule has 1 saturated heterocycles. The van der Waals surface area contributed by atoms with Crippen LogP contribution in [0.2, 0.25) is 0 Å². The average molecular weight is 229 g/mol. The summed E-state index contributed by atoms with van der Waals surface area (Å²) in [6, 6.07) is 8.32. The minimum atomic E-state index is -0.366. The fourth-order valence-electron chi connectivity index (χ4n) is 2.96. The quantitative estimate of drug-likeness (QED) is 0.800. The highest BCUT2D eigenvalue weighted by Gasteiger charge is 2.29. The lowest BCUT2D eigenvalue weighted by molar-refractivity contribution is 0.0608. The maximum Gasteiger partial charge on any atom is 0.0986 e. The first-order valence-electron chi connectivity index (χ1n) is 6.55. The van der Waals surface area contributed by atoms with E-state index in [9.17, 15) is 5.11 Å². The van der Waals surface area contributed by atoms with Crippen molar-refractivity contribution in [2.24, 2.45) is 0 Å². The number of rotatable bonds is 1. The number of hydrogen-bond donors (Lipinski definition) is 1. The van der Waals surface area contributed by atoms with Crippen LogP contribution in [-0.4, -0.2) is 29.1 Å². The second-order valence-electron chi connectivity index (χ2n) is 5.02. The van der Waals surface area contributed by atoms with Gasteiger partial charge in [0.05, 0.1) is 12.1 Å². The van der Waals surface area contributed by atoms with Gasteiger partial charge >= 0.3 is 0 Å². The van der Waals surface area contributed by atoms with Gasteiger partial charge in [-0.1, -0.05) is 42.8 Å². The van der Waals surface area contributed by atoms with E-state index in [1.54, 1.807) is 0 Å². The van der Waals surface area contributed by atoms with Gasteiger partial charge in [-0.15, -0.1) is 0 Å². The average Bonchev–Trinajstić information content (AvgIpc) is 2.40. The number of aliphatic hydroxyl groups excluding tert-OH is 1. The summed E-state index contributed by atoms with van der Waals surface area (Å²) in [5.74, 6) is 0. The molecule has 1 heterocycles. The molecule has 1 aliphatic carbocycles.